The van der Waals surface area contributed by atoms with Crippen LogP contribution in [0.15, 0.2) is 0 Å². The van der Waals surface area contributed by atoms with E-state index in [0.29, 0.717) is 13.0 Å². The molecule has 1 fully saturated rings. The van der Waals surface area contributed by atoms with Gasteiger partial charge in [0.25, 0.3) is 0 Å². The van der Waals surface area contributed by atoms with Crippen LogP contribution in [0.3, 0.4) is 0 Å². The Bertz CT molecular complexity index is 233. The Morgan fingerprint density at radius 2 is 2.19 bits per heavy atom. The molecule has 1 aliphatic rings. The molecule has 0 spiro atoms. The van der Waals surface area contributed by atoms with Crippen molar-refractivity contribution in [3.05, 3.63) is 0 Å². The standard InChI is InChI=1S/C11H20O5/c1-11(2,3)16-10(13)7-14-6-9-8(12)4-5-15-9/h8-9,12H,4-7H2,1-3H3/t8-,9+/m0/s1. The first kappa shape index (κ1) is 13.4. The van der Waals surface area contributed by atoms with E-state index in [0.717, 1.165) is 0 Å². The lowest BCUT2D eigenvalue weighted by molar-refractivity contribution is -0.161. The predicted molar refractivity (Wildman–Crippen MR) is 57.0 cm³/mol. The molecule has 1 rings (SSSR count). The molecular formula is C11H20O5. The molecule has 5 nitrogen and oxygen atoms in total. The maximum atomic E-state index is 11.3. The van der Waals surface area contributed by atoms with Crippen molar-refractivity contribution in [3.63, 3.8) is 0 Å². The molecule has 94 valence electrons. The van der Waals surface area contributed by atoms with E-state index in [1.807, 2.05) is 0 Å². The molecule has 1 aliphatic heterocycles. The number of hydrogen-bond acceptors (Lipinski definition) is 5. The van der Waals surface area contributed by atoms with E-state index in [-0.39, 0.29) is 19.3 Å². The van der Waals surface area contributed by atoms with Crippen molar-refractivity contribution in [2.24, 2.45) is 0 Å². The van der Waals surface area contributed by atoms with E-state index in [9.17, 15) is 9.90 Å². The van der Waals surface area contributed by atoms with Gasteiger partial charge in [-0.2, -0.15) is 0 Å². The van der Waals surface area contributed by atoms with Crippen LogP contribution in [-0.4, -0.2) is 48.7 Å². The molecule has 1 N–H and O–H groups in total. The summed E-state index contributed by atoms with van der Waals surface area (Å²) in [6.45, 7) is 6.06. The molecule has 0 unspecified atom stereocenters. The fourth-order valence-electron chi connectivity index (χ4n) is 1.43. The predicted octanol–water partition coefficient (Wildman–Crippen LogP) is 0.494. The van der Waals surface area contributed by atoms with Gasteiger partial charge in [0, 0.05) is 6.61 Å². The van der Waals surface area contributed by atoms with Crippen LogP contribution in [0, 0.1) is 0 Å². The Labute approximate surface area is 95.7 Å². The Hall–Kier alpha value is -0.650. The second kappa shape index (κ2) is 5.61. The van der Waals surface area contributed by atoms with E-state index >= 15 is 0 Å². The Morgan fingerprint density at radius 1 is 1.50 bits per heavy atom. The van der Waals surface area contributed by atoms with Crippen molar-refractivity contribution in [3.8, 4) is 0 Å². The fraction of sp³-hybridized carbons (Fsp3) is 0.909. The number of esters is 1. The largest absolute Gasteiger partial charge is 0.458 e. The third kappa shape index (κ3) is 4.92. The molecule has 0 radical (unpaired) electrons. The smallest absolute Gasteiger partial charge is 0.332 e. The average Bonchev–Trinajstić information content (AvgIpc) is 2.48. The van der Waals surface area contributed by atoms with E-state index in [2.05, 4.69) is 0 Å². The van der Waals surface area contributed by atoms with Crippen molar-refractivity contribution in [2.45, 2.75) is 45.0 Å². The summed E-state index contributed by atoms with van der Waals surface area (Å²) in [4.78, 5) is 11.3. The molecule has 0 saturated carbocycles. The minimum atomic E-state index is -0.496. The normalized spacial score (nSPS) is 25.8. The molecule has 0 amide bonds. The lowest BCUT2D eigenvalue weighted by atomic mass is 10.2. The highest BCUT2D eigenvalue weighted by atomic mass is 16.6. The Balaban J connectivity index is 2.13. The molecular weight excluding hydrogens is 212 g/mol. The molecule has 0 aliphatic carbocycles. The summed E-state index contributed by atoms with van der Waals surface area (Å²) in [5.74, 6) is -0.403. The van der Waals surface area contributed by atoms with Crippen molar-refractivity contribution in [1.82, 2.24) is 0 Å². The van der Waals surface area contributed by atoms with Crippen molar-refractivity contribution >= 4 is 5.97 Å². The van der Waals surface area contributed by atoms with Crippen molar-refractivity contribution in [2.75, 3.05) is 19.8 Å². The van der Waals surface area contributed by atoms with Gasteiger partial charge in [0.15, 0.2) is 0 Å². The fourth-order valence-corrected chi connectivity index (χ4v) is 1.43. The highest BCUT2D eigenvalue weighted by Crippen LogP contribution is 2.13. The Morgan fingerprint density at radius 3 is 2.69 bits per heavy atom. The second-order valence-electron chi connectivity index (χ2n) is 4.87. The van der Waals surface area contributed by atoms with Crippen molar-refractivity contribution < 1.29 is 24.1 Å². The van der Waals surface area contributed by atoms with Gasteiger partial charge in [-0.15, -0.1) is 0 Å². The van der Waals surface area contributed by atoms with Crippen LogP contribution in [0.4, 0.5) is 0 Å². The molecule has 5 heteroatoms. The van der Waals surface area contributed by atoms with E-state index in [1.165, 1.54) is 0 Å². The third-order valence-corrected chi connectivity index (χ3v) is 2.10. The van der Waals surface area contributed by atoms with E-state index in [4.69, 9.17) is 14.2 Å². The summed E-state index contributed by atoms with van der Waals surface area (Å²) >= 11 is 0. The van der Waals surface area contributed by atoms with Crippen LogP contribution < -0.4 is 0 Å². The average molecular weight is 232 g/mol. The first-order valence-electron chi connectivity index (χ1n) is 5.48. The van der Waals surface area contributed by atoms with Crippen molar-refractivity contribution in [1.29, 1.82) is 0 Å². The Kier molecular flexibility index (Phi) is 4.70. The monoisotopic (exact) mass is 232 g/mol. The topological polar surface area (TPSA) is 65.0 Å². The zero-order chi connectivity index (χ0) is 12.2. The van der Waals surface area contributed by atoms with Gasteiger partial charge in [-0.3, -0.25) is 0 Å². The van der Waals surface area contributed by atoms with Gasteiger partial charge in [0.05, 0.1) is 12.7 Å². The van der Waals surface area contributed by atoms with Crippen LogP contribution in [0.25, 0.3) is 0 Å². The lowest BCUT2D eigenvalue weighted by Gasteiger charge is -2.20. The van der Waals surface area contributed by atoms with Crippen LogP contribution in [0.1, 0.15) is 27.2 Å². The van der Waals surface area contributed by atoms with Gasteiger partial charge < -0.3 is 19.3 Å². The van der Waals surface area contributed by atoms with Gasteiger partial charge in [-0.1, -0.05) is 0 Å². The molecule has 0 aromatic carbocycles. The molecule has 0 bridgehead atoms. The summed E-state index contributed by atoms with van der Waals surface area (Å²) in [5.41, 5.74) is -0.496. The highest BCUT2D eigenvalue weighted by molar-refractivity contribution is 5.71. The molecule has 1 heterocycles. The molecule has 0 aromatic heterocycles. The quantitative estimate of drug-likeness (QED) is 0.715. The first-order valence-corrected chi connectivity index (χ1v) is 5.48. The van der Waals surface area contributed by atoms with Crippen LogP contribution in [-0.2, 0) is 19.0 Å². The van der Waals surface area contributed by atoms with E-state index < -0.39 is 17.7 Å². The lowest BCUT2D eigenvalue weighted by Crippen LogP contribution is -2.30. The van der Waals surface area contributed by atoms with Gasteiger partial charge in [0.2, 0.25) is 0 Å². The molecule has 0 aromatic rings. The SMILES string of the molecule is CC(C)(C)OC(=O)COC[C@H]1OCC[C@@H]1O. The third-order valence-electron chi connectivity index (χ3n) is 2.10. The minimum Gasteiger partial charge on any atom is -0.458 e. The summed E-state index contributed by atoms with van der Waals surface area (Å²) in [5, 5.41) is 9.42. The number of hydrogen-bond donors (Lipinski definition) is 1. The van der Waals surface area contributed by atoms with E-state index in [1.54, 1.807) is 20.8 Å². The number of carbonyl (C=O) groups is 1. The molecule has 2 atom stereocenters. The molecule has 1 saturated heterocycles. The minimum absolute atomic E-state index is 0.107. The van der Waals surface area contributed by atoms with Crippen LogP contribution >= 0.6 is 0 Å². The summed E-state index contributed by atoms with van der Waals surface area (Å²) < 4.78 is 15.4. The second-order valence-corrected chi connectivity index (χ2v) is 4.87. The number of ether oxygens (including phenoxy) is 3. The summed E-state index contributed by atoms with van der Waals surface area (Å²) in [6, 6.07) is 0. The first-order chi connectivity index (χ1) is 7.38. The zero-order valence-corrected chi connectivity index (χ0v) is 10.1. The summed E-state index contributed by atoms with van der Waals surface area (Å²) in [6.07, 6.45) is -0.179. The number of aliphatic hydroxyl groups is 1. The maximum Gasteiger partial charge on any atom is 0.332 e. The van der Waals surface area contributed by atoms with Gasteiger partial charge in [-0.25, -0.2) is 4.79 Å². The maximum absolute atomic E-state index is 11.3. The molecule has 16 heavy (non-hydrogen) atoms. The van der Waals surface area contributed by atoms with Gasteiger partial charge >= 0.3 is 5.97 Å². The number of carbonyl (C=O) groups excluding carboxylic acids is 1. The van der Waals surface area contributed by atoms with Crippen LogP contribution in [0.2, 0.25) is 0 Å². The number of rotatable bonds is 4. The van der Waals surface area contributed by atoms with Gasteiger partial charge in [0.1, 0.15) is 18.3 Å². The highest BCUT2D eigenvalue weighted by Gasteiger charge is 2.26. The zero-order valence-electron chi connectivity index (χ0n) is 10.1. The van der Waals surface area contributed by atoms with Gasteiger partial charge in [-0.05, 0) is 27.2 Å². The van der Waals surface area contributed by atoms with Crippen LogP contribution in [0.5, 0.6) is 0 Å². The summed E-state index contributed by atoms with van der Waals surface area (Å²) in [7, 11) is 0. The number of aliphatic hydroxyl groups excluding tert-OH is 1.